The van der Waals surface area contributed by atoms with E-state index in [0.29, 0.717) is 12.3 Å². The minimum Gasteiger partial charge on any atom is -0.481 e. The van der Waals surface area contributed by atoms with Crippen LogP contribution >= 0.6 is 0 Å². The summed E-state index contributed by atoms with van der Waals surface area (Å²) in [5.74, 6) is -3.32. The van der Waals surface area contributed by atoms with Crippen molar-refractivity contribution < 1.29 is 38.7 Å². The van der Waals surface area contributed by atoms with Crippen molar-refractivity contribution in [1.82, 2.24) is 20.9 Å². The molecule has 0 bridgehead atoms. The molecule has 0 radical (unpaired) electrons. The summed E-state index contributed by atoms with van der Waals surface area (Å²) in [6.45, 7) is 26.3. The van der Waals surface area contributed by atoms with Gasteiger partial charge in [0, 0.05) is 37.8 Å². The average molecular weight is 835 g/mol. The highest BCUT2D eigenvalue weighted by molar-refractivity contribution is 5.97. The minimum atomic E-state index is -1.02. The Kier molecular flexibility index (Phi) is 24.7. The lowest BCUT2D eigenvalue weighted by molar-refractivity contribution is -0.143. The molecule has 0 spiro atoms. The molecule has 12 heteroatoms. The monoisotopic (exact) mass is 835 g/mol. The molecule has 0 aromatic carbocycles. The summed E-state index contributed by atoms with van der Waals surface area (Å²) in [5, 5.41) is 17.0. The van der Waals surface area contributed by atoms with Crippen LogP contribution in [0.3, 0.4) is 0 Å². The molecule has 0 aliphatic heterocycles. The highest BCUT2D eigenvalue weighted by Gasteiger charge is 2.40. The summed E-state index contributed by atoms with van der Waals surface area (Å²) in [5.41, 5.74) is -1.63. The molecular formula is C47H86N4O8. The van der Waals surface area contributed by atoms with Gasteiger partial charge in [0.2, 0.25) is 23.6 Å². The lowest BCUT2D eigenvalue weighted by atomic mass is 9.78. The van der Waals surface area contributed by atoms with E-state index in [9.17, 15) is 33.6 Å². The first-order valence-corrected chi connectivity index (χ1v) is 22.6. The smallest absolute Gasteiger partial charge is 0.306 e. The number of rotatable bonds is 18. The van der Waals surface area contributed by atoms with Crippen molar-refractivity contribution in [2.45, 2.75) is 205 Å². The topological polar surface area (TPSA) is 179 Å². The fraction of sp³-hybridized carbons (Fsp3) is 0.851. The zero-order valence-electron chi connectivity index (χ0n) is 39.9. The maximum Gasteiger partial charge on any atom is 0.306 e. The lowest BCUT2D eigenvalue weighted by Gasteiger charge is -2.36. The van der Waals surface area contributed by atoms with Crippen molar-refractivity contribution in [3.05, 3.63) is 0 Å². The Bertz CT molecular complexity index is 1340. The van der Waals surface area contributed by atoms with Crippen molar-refractivity contribution >= 4 is 41.2 Å². The fourth-order valence-corrected chi connectivity index (χ4v) is 7.88. The highest BCUT2D eigenvalue weighted by atomic mass is 16.4. The molecule has 0 aromatic heterocycles. The summed E-state index contributed by atoms with van der Waals surface area (Å²) >= 11 is 0. The van der Waals surface area contributed by atoms with Crippen molar-refractivity contribution in [2.75, 3.05) is 13.6 Å². The molecule has 2 rings (SSSR count). The minimum absolute atomic E-state index is 0.0185. The number of carbonyl (C=O) groups is 7. The number of amides is 4. The van der Waals surface area contributed by atoms with Gasteiger partial charge in [0.25, 0.3) is 0 Å². The van der Waals surface area contributed by atoms with Gasteiger partial charge in [-0.3, -0.25) is 33.6 Å². The third-order valence-corrected chi connectivity index (χ3v) is 11.7. The van der Waals surface area contributed by atoms with Crippen LogP contribution in [0.15, 0.2) is 0 Å². The Morgan fingerprint density at radius 3 is 1.68 bits per heavy atom. The van der Waals surface area contributed by atoms with Gasteiger partial charge in [0.1, 0.15) is 11.8 Å². The fourth-order valence-electron chi connectivity index (χ4n) is 7.88. The lowest BCUT2D eigenvalue weighted by Crippen LogP contribution is -2.57. The maximum absolute atomic E-state index is 14.0. The molecular weight excluding hydrogens is 749 g/mol. The number of ketones is 2. The molecule has 2 unspecified atom stereocenters. The molecule has 0 heterocycles. The van der Waals surface area contributed by atoms with Gasteiger partial charge in [-0.05, 0) is 48.3 Å². The predicted molar refractivity (Wildman–Crippen MR) is 236 cm³/mol. The van der Waals surface area contributed by atoms with Gasteiger partial charge in [-0.2, -0.15) is 0 Å². The SMILES string of the molecule is CC.CCC(NC(=O)CNC(=O)[C@@H](CC(=O)[C@@H](NC(=O)C(C(C)C)N(C)C(=O)CCC1CCCCC1)C(C)(C)C)CC(=O)C(C)(C)C)C(C)(C)C.O=C(O)C1CCCC1. The van der Waals surface area contributed by atoms with Crippen LogP contribution < -0.4 is 16.0 Å². The third-order valence-electron chi connectivity index (χ3n) is 11.7. The molecule has 0 saturated heterocycles. The highest BCUT2D eigenvalue weighted by Crippen LogP contribution is 2.29. The van der Waals surface area contributed by atoms with Crippen LogP contribution in [0.4, 0.5) is 0 Å². The van der Waals surface area contributed by atoms with Gasteiger partial charge >= 0.3 is 5.97 Å². The van der Waals surface area contributed by atoms with Crippen LogP contribution in [0.5, 0.6) is 0 Å². The van der Waals surface area contributed by atoms with Gasteiger partial charge in [-0.25, -0.2) is 0 Å². The molecule has 2 fully saturated rings. The molecule has 2 saturated carbocycles. The Labute approximate surface area is 358 Å². The Hall–Kier alpha value is -3.31. The second kappa shape index (κ2) is 26.1. The summed E-state index contributed by atoms with van der Waals surface area (Å²) < 4.78 is 0. The van der Waals surface area contributed by atoms with Crippen LogP contribution in [0.1, 0.15) is 187 Å². The number of carboxylic acid groups (broad SMARTS) is 1. The van der Waals surface area contributed by atoms with Gasteiger partial charge in [0.05, 0.1) is 24.4 Å². The summed E-state index contributed by atoms with van der Waals surface area (Å²) in [6.07, 6.45) is 11.4. The molecule has 12 nitrogen and oxygen atoms in total. The standard InChI is InChI=1S/C39H70N4O6.C6H10O2.C2H6/c1-14-29(37(4,5)6)41-31(46)24-40-35(48)27(23-30(45)38(7,8)9)22-28(44)34(39(10,11)12)42-36(49)33(25(2)3)43(13)32(47)21-20-26-18-16-15-17-19-26;7-6(8)5-3-1-2-4-5;1-2/h25-27,29,33-34H,14-24H2,1-13H3,(H,40,48)(H,41,46)(H,42,49);5H,1-4H2,(H,7,8);1-2H3/t27-,29?,33?,34+;;/m0../s1. The van der Waals surface area contributed by atoms with Gasteiger partial charge < -0.3 is 26.0 Å². The quantitative estimate of drug-likeness (QED) is 0.107. The first-order chi connectivity index (χ1) is 27.2. The van der Waals surface area contributed by atoms with E-state index >= 15 is 0 Å². The molecule has 2 aliphatic carbocycles. The van der Waals surface area contributed by atoms with E-state index in [0.717, 1.165) is 51.4 Å². The summed E-state index contributed by atoms with van der Waals surface area (Å²) in [6, 6.07) is -1.85. The number of nitrogens with one attached hydrogen (secondary N) is 3. The average Bonchev–Trinajstić information content (AvgIpc) is 3.70. The number of hydrogen-bond donors (Lipinski definition) is 4. The Morgan fingerprint density at radius 1 is 0.729 bits per heavy atom. The number of carboxylic acids is 1. The zero-order chi connectivity index (χ0) is 45.9. The molecule has 0 aromatic rings. The van der Waals surface area contributed by atoms with Crippen LogP contribution in [0, 0.1) is 39.9 Å². The van der Waals surface area contributed by atoms with E-state index in [1.165, 1.54) is 24.2 Å². The van der Waals surface area contributed by atoms with Crippen molar-refractivity contribution in [3.8, 4) is 0 Å². The second-order valence-electron chi connectivity index (χ2n) is 20.2. The molecule has 4 amide bonds. The van der Waals surface area contributed by atoms with Crippen LogP contribution in [-0.2, 0) is 33.6 Å². The maximum atomic E-state index is 14.0. The van der Waals surface area contributed by atoms with E-state index < -0.39 is 46.6 Å². The van der Waals surface area contributed by atoms with Crippen molar-refractivity contribution in [1.29, 1.82) is 0 Å². The number of aliphatic carboxylic acids is 1. The van der Waals surface area contributed by atoms with Gasteiger partial charge in [-0.1, -0.05) is 142 Å². The largest absolute Gasteiger partial charge is 0.481 e. The van der Waals surface area contributed by atoms with Crippen LogP contribution in [0.25, 0.3) is 0 Å². The third kappa shape index (κ3) is 20.7. The number of hydrogen-bond acceptors (Lipinski definition) is 7. The number of Topliss-reactive ketones (excluding diaryl/α,β-unsaturated/α-hetero) is 2. The van der Waals surface area contributed by atoms with E-state index in [2.05, 4.69) is 16.0 Å². The van der Waals surface area contributed by atoms with Gasteiger partial charge in [-0.15, -0.1) is 0 Å². The first kappa shape index (κ1) is 55.7. The normalized spacial score (nSPS) is 17.2. The van der Waals surface area contributed by atoms with E-state index in [1.54, 1.807) is 27.8 Å². The summed E-state index contributed by atoms with van der Waals surface area (Å²) in [7, 11) is 1.65. The zero-order valence-corrected chi connectivity index (χ0v) is 39.9. The predicted octanol–water partition coefficient (Wildman–Crippen LogP) is 8.29. The molecule has 2 aliphatic rings. The second-order valence-corrected chi connectivity index (χ2v) is 20.2. The Balaban J connectivity index is 0.00000294. The first-order valence-electron chi connectivity index (χ1n) is 22.6. The number of likely N-dealkylation sites (N-methyl/N-ethyl adjacent to an activating group) is 1. The Morgan fingerprint density at radius 2 is 1.25 bits per heavy atom. The van der Waals surface area contributed by atoms with Crippen LogP contribution in [0.2, 0.25) is 0 Å². The number of carbonyl (C=O) groups excluding carboxylic acids is 6. The molecule has 342 valence electrons. The molecule has 59 heavy (non-hydrogen) atoms. The molecule has 4 N–H and O–H groups in total. The van der Waals surface area contributed by atoms with E-state index in [1.807, 2.05) is 76.2 Å². The van der Waals surface area contributed by atoms with Crippen LogP contribution in [-0.4, -0.2) is 82.9 Å². The van der Waals surface area contributed by atoms with Crippen molar-refractivity contribution in [3.63, 3.8) is 0 Å². The van der Waals surface area contributed by atoms with Gasteiger partial charge in [0.15, 0.2) is 5.78 Å². The summed E-state index contributed by atoms with van der Waals surface area (Å²) in [4.78, 5) is 92.2. The van der Waals surface area contributed by atoms with E-state index in [4.69, 9.17) is 5.11 Å². The van der Waals surface area contributed by atoms with Crippen molar-refractivity contribution in [2.24, 2.45) is 39.9 Å². The number of nitrogens with zero attached hydrogens (tertiary/aromatic N) is 1. The van der Waals surface area contributed by atoms with E-state index in [-0.39, 0.29) is 66.1 Å². The molecule has 4 atom stereocenters.